The van der Waals surface area contributed by atoms with Crippen molar-refractivity contribution in [1.29, 1.82) is 0 Å². The standard InChI is InChI=1S/C14H26N4/c1-11(2)18-10-16-9-14(18)13(8-15)17(3)12-6-4-5-7-12/h9-13H,4-8,15H2,1-3H3. The van der Waals surface area contributed by atoms with Crippen LogP contribution in [0.3, 0.4) is 0 Å². The summed E-state index contributed by atoms with van der Waals surface area (Å²) < 4.78 is 2.24. The predicted molar refractivity (Wildman–Crippen MR) is 74.4 cm³/mol. The highest BCUT2D eigenvalue weighted by Gasteiger charge is 2.27. The van der Waals surface area contributed by atoms with E-state index in [2.05, 4.69) is 35.3 Å². The molecule has 102 valence electrons. The van der Waals surface area contributed by atoms with Gasteiger partial charge in [-0.2, -0.15) is 0 Å². The van der Waals surface area contributed by atoms with E-state index < -0.39 is 0 Å². The first-order chi connectivity index (χ1) is 8.65. The van der Waals surface area contributed by atoms with Crippen molar-refractivity contribution >= 4 is 0 Å². The van der Waals surface area contributed by atoms with Crippen LogP contribution >= 0.6 is 0 Å². The molecule has 0 aromatic carbocycles. The molecule has 0 bridgehead atoms. The van der Waals surface area contributed by atoms with Gasteiger partial charge in [0, 0.05) is 24.8 Å². The molecule has 1 aliphatic rings. The van der Waals surface area contributed by atoms with Crippen LogP contribution in [0, 0.1) is 0 Å². The first-order valence-electron chi connectivity index (χ1n) is 7.09. The van der Waals surface area contributed by atoms with Gasteiger partial charge in [0.05, 0.1) is 18.1 Å². The fourth-order valence-electron chi connectivity index (χ4n) is 3.07. The lowest BCUT2D eigenvalue weighted by Crippen LogP contribution is -2.38. The highest BCUT2D eigenvalue weighted by atomic mass is 15.2. The summed E-state index contributed by atoms with van der Waals surface area (Å²) in [5, 5.41) is 0. The molecule has 1 aromatic heterocycles. The Morgan fingerprint density at radius 1 is 1.44 bits per heavy atom. The van der Waals surface area contributed by atoms with E-state index in [1.807, 2.05) is 12.5 Å². The molecule has 1 saturated carbocycles. The summed E-state index contributed by atoms with van der Waals surface area (Å²) in [7, 11) is 2.21. The van der Waals surface area contributed by atoms with E-state index in [-0.39, 0.29) is 6.04 Å². The number of nitrogens with zero attached hydrogens (tertiary/aromatic N) is 3. The van der Waals surface area contributed by atoms with E-state index in [1.54, 1.807) is 0 Å². The van der Waals surface area contributed by atoms with Crippen molar-refractivity contribution in [3.63, 3.8) is 0 Å². The molecule has 2 N–H and O–H groups in total. The van der Waals surface area contributed by atoms with Crippen LogP contribution in [-0.4, -0.2) is 34.1 Å². The molecule has 0 saturated heterocycles. The highest BCUT2D eigenvalue weighted by Crippen LogP contribution is 2.29. The molecule has 18 heavy (non-hydrogen) atoms. The maximum atomic E-state index is 6.02. The maximum absolute atomic E-state index is 6.02. The summed E-state index contributed by atoms with van der Waals surface area (Å²) in [6.07, 6.45) is 9.23. The van der Waals surface area contributed by atoms with E-state index >= 15 is 0 Å². The quantitative estimate of drug-likeness (QED) is 0.872. The van der Waals surface area contributed by atoms with Gasteiger partial charge >= 0.3 is 0 Å². The van der Waals surface area contributed by atoms with Crippen LogP contribution in [-0.2, 0) is 0 Å². The second-order valence-electron chi connectivity index (χ2n) is 5.67. The Morgan fingerprint density at radius 2 is 2.11 bits per heavy atom. The minimum atomic E-state index is 0.290. The van der Waals surface area contributed by atoms with Gasteiger partial charge in [0.25, 0.3) is 0 Å². The van der Waals surface area contributed by atoms with Crippen LogP contribution in [0.1, 0.15) is 57.3 Å². The predicted octanol–water partition coefficient (Wildman–Crippen LogP) is 2.34. The molecule has 0 amide bonds. The molecule has 0 aliphatic heterocycles. The number of nitrogens with two attached hydrogens (primary N) is 1. The summed E-state index contributed by atoms with van der Waals surface area (Å²) >= 11 is 0. The Morgan fingerprint density at radius 3 is 2.67 bits per heavy atom. The Bertz CT molecular complexity index is 366. The van der Waals surface area contributed by atoms with Crippen molar-refractivity contribution in [2.75, 3.05) is 13.6 Å². The molecule has 4 nitrogen and oxygen atoms in total. The van der Waals surface area contributed by atoms with Crippen molar-refractivity contribution < 1.29 is 0 Å². The highest BCUT2D eigenvalue weighted by molar-refractivity contribution is 5.08. The molecule has 1 fully saturated rings. The lowest BCUT2D eigenvalue weighted by molar-refractivity contribution is 0.172. The first kappa shape index (κ1) is 13.6. The third-order valence-corrected chi connectivity index (χ3v) is 4.21. The minimum absolute atomic E-state index is 0.290. The molecule has 4 heteroatoms. The Labute approximate surface area is 110 Å². The third kappa shape index (κ3) is 2.59. The largest absolute Gasteiger partial charge is 0.331 e. The van der Waals surface area contributed by atoms with E-state index in [0.29, 0.717) is 18.6 Å². The number of imidazole rings is 1. The topological polar surface area (TPSA) is 47.1 Å². The molecule has 1 aliphatic carbocycles. The van der Waals surface area contributed by atoms with Gasteiger partial charge in [0.15, 0.2) is 0 Å². The van der Waals surface area contributed by atoms with E-state index in [0.717, 1.165) is 0 Å². The maximum Gasteiger partial charge on any atom is 0.0951 e. The smallest absolute Gasteiger partial charge is 0.0951 e. The zero-order valence-corrected chi connectivity index (χ0v) is 11.8. The first-order valence-corrected chi connectivity index (χ1v) is 7.09. The average molecular weight is 250 g/mol. The van der Waals surface area contributed by atoms with Crippen molar-refractivity contribution in [3.8, 4) is 0 Å². The molecule has 0 spiro atoms. The number of aromatic nitrogens is 2. The molecule has 0 radical (unpaired) electrons. The summed E-state index contributed by atoms with van der Waals surface area (Å²) in [6.45, 7) is 5.04. The van der Waals surface area contributed by atoms with Crippen molar-refractivity contribution in [2.45, 2.75) is 57.7 Å². The fraction of sp³-hybridized carbons (Fsp3) is 0.786. The summed E-state index contributed by atoms with van der Waals surface area (Å²) in [6, 6.07) is 1.42. The Hall–Kier alpha value is -0.870. The van der Waals surface area contributed by atoms with E-state index in [9.17, 15) is 0 Å². The van der Waals surface area contributed by atoms with Gasteiger partial charge in [-0.3, -0.25) is 4.90 Å². The van der Waals surface area contributed by atoms with Gasteiger partial charge in [-0.15, -0.1) is 0 Å². The second-order valence-corrected chi connectivity index (χ2v) is 5.67. The SMILES string of the molecule is CC(C)n1cncc1C(CN)N(C)C1CCCC1. The van der Waals surface area contributed by atoms with Crippen LogP contribution in [0.15, 0.2) is 12.5 Å². The number of hydrogen-bond donors (Lipinski definition) is 1. The van der Waals surface area contributed by atoms with Crippen LogP contribution in [0.5, 0.6) is 0 Å². The molecule has 1 heterocycles. The normalized spacial score (nSPS) is 19.0. The van der Waals surface area contributed by atoms with Crippen molar-refractivity contribution in [1.82, 2.24) is 14.5 Å². The summed E-state index contributed by atoms with van der Waals surface area (Å²) in [5.74, 6) is 0. The second kappa shape index (κ2) is 5.85. The van der Waals surface area contributed by atoms with Gasteiger partial charge in [0.2, 0.25) is 0 Å². The van der Waals surface area contributed by atoms with Gasteiger partial charge in [-0.25, -0.2) is 4.98 Å². The molecular formula is C14H26N4. The summed E-state index contributed by atoms with van der Waals surface area (Å²) in [5.41, 5.74) is 7.27. The van der Waals surface area contributed by atoms with Crippen LogP contribution < -0.4 is 5.73 Å². The van der Waals surface area contributed by atoms with Gasteiger partial charge in [-0.1, -0.05) is 12.8 Å². The van der Waals surface area contributed by atoms with Crippen LogP contribution in [0.2, 0.25) is 0 Å². The van der Waals surface area contributed by atoms with Crippen LogP contribution in [0.4, 0.5) is 0 Å². The molecule has 1 atom stereocenters. The Balaban J connectivity index is 2.18. The number of likely N-dealkylation sites (N-methyl/N-ethyl adjacent to an activating group) is 1. The summed E-state index contributed by atoms with van der Waals surface area (Å²) in [4.78, 5) is 6.76. The Kier molecular flexibility index (Phi) is 4.40. The molecule has 1 unspecified atom stereocenters. The van der Waals surface area contributed by atoms with Crippen molar-refractivity contribution in [2.24, 2.45) is 5.73 Å². The number of hydrogen-bond acceptors (Lipinski definition) is 3. The van der Waals surface area contributed by atoms with E-state index in [4.69, 9.17) is 5.73 Å². The lowest BCUT2D eigenvalue weighted by Gasteiger charge is -2.33. The van der Waals surface area contributed by atoms with Gasteiger partial charge < -0.3 is 10.3 Å². The lowest BCUT2D eigenvalue weighted by atomic mass is 10.1. The van der Waals surface area contributed by atoms with Crippen molar-refractivity contribution in [3.05, 3.63) is 18.2 Å². The van der Waals surface area contributed by atoms with Gasteiger partial charge in [0.1, 0.15) is 0 Å². The van der Waals surface area contributed by atoms with Crippen LogP contribution in [0.25, 0.3) is 0 Å². The van der Waals surface area contributed by atoms with E-state index in [1.165, 1.54) is 31.4 Å². The molecular weight excluding hydrogens is 224 g/mol. The monoisotopic (exact) mass is 250 g/mol. The van der Waals surface area contributed by atoms with Gasteiger partial charge in [-0.05, 0) is 33.7 Å². The number of rotatable bonds is 5. The molecule has 1 aromatic rings. The zero-order chi connectivity index (χ0) is 13.1. The zero-order valence-electron chi connectivity index (χ0n) is 11.8. The average Bonchev–Trinajstić information content (AvgIpc) is 3.00. The fourth-order valence-corrected chi connectivity index (χ4v) is 3.07. The molecule has 2 rings (SSSR count). The third-order valence-electron chi connectivity index (χ3n) is 4.21. The minimum Gasteiger partial charge on any atom is -0.331 e.